The van der Waals surface area contributed by atoms with E-state index in [-0.39, 0.29) is 6.04 Å². The predicted molar refractivity (Wildman–Crippen MR) is 71.1 cm³/mol. The van der Waals surface area contributed by atoms with Crippen molar-refractivity contribution in [2.24, 2.45) is 12.8 Å². The van der Waals surface area contributed by atoms with Crippen molar-refractivity contribution in [3.8, 4) is 0 Å². The zero-order valence-electron chi connectivity index (χ0n) is 10.9. The van der Waals surface area contributed by atoms with E-state index in [2.05, 4.69) is 22.0 Å². The van der Waals surface area contributed by atoms with Gasteiger partial charge in [0.25, 0.3) is 0 Å². The first-order valence-corrected chi connectivity index (χ1v) is 6.38. The van der Waals surface area contributed by atoms with Crippen LogP contribution in [-0.2, 0) is 7.05 Å². The topological polar surface area (TPSA) is 60.0 Å². The number of nitrogens with zero attached hydrogens (tertiary/aromatic N) is 4. The van der Waals surface area contributed by atoms with Crippen molar-refractivity contribution in [3.05, 3.63) is 24.2 Å². The number of fused-ring (bicyclic) bond motifs is 1. The minimum Gasteiger partial charge on any atom is -0.328 e. The van der Waals surface area contributed by atoms with Gasteiger partial charge in [-0.2, -0.15) is 5.10 Å². The van der Waals surface area contributed by atoms with E-state index >= 15 is 0 Å². The Labute approximate surface area is 107 Å². The molecule has 0 aromatic carbocycles. The van der Waals surface area contributed by atoms with Crippen molar-refractivity contribution in [2.45, 2.75) is 24.9 Å². The van der Waals surface area contributed by atoms with E-state index in [1.165, 1.54) is 11.1 Å². The molecule has 3 heterocycles. The summed E-state index contributed by atoms with van der Waals surface area (Å²) in [6, 6.07) is 0.634. The molecule has 0 spiro atoms. The van der Waals surface area contributed by atoms with Crippen molar-refractivity contribution < 1.29 is 0 Å². The van der Waals surface area contributed by atoms with Gasteiger partial charge in [-0.25, -0.2) is 0 Å². The fourth-order valence-corrected chi connectivity index (χ4v) is 2.88. The van der Waals surface area contributed by atoms with Crippen LogP contribution in [0.15, 0.2) is 18.6 Å². The molecule has 2 unspecified atom stereocenters. The number of hydrogen-bond donors (Lipinski definition) is 1. The Balaban J connectivity index is 2.10. The monoisotopic (exact) mass is 245 g/mol. The maximum Gasteiger partial charge on any atom is 0.0757 e. The number of likely N-dealkylation sites (tertiary alicyclic amines) is 1. The van der Waals surface area contributed by atoms with E-state index < -0.39 is 0 Å². The second-order valence-electron chi connectivity index (χ2n) is 5.22. The van der Waals surface area contributed by atoms with Gasteiger partial charge in [-0.3, -0.25) is 14.6 Å². The maximum absolute atomic E-state index is 6.11. The van der Waals surface area contributed by atoms with Gasteiger partial charge in [0, 0.05) is 42.5 Å². The zero-order chi connectivity index (χ0) is 12.7. The lowest BCUT2D eigenvalue weighted by atomic mass is 9.93. The molecule has 2 aromatic heterocycles. The highest BCUT2D eigenvalue weighted by atomic mass is 15.3. The van der Waals surface area contributed by atoms with Crippen molar-refractivity contribution >= 4 is 10.9 Å². The molecule has 2 N–H and O–H groups in total. The molecule has 1 aliphatic heterocycles. The Kier molecular flexibility index (Phi) is 2.80. The number of pyridine rings is 1. The lowest BCUT2D eigenvalue weighted by molar-refractivity contribution is 0.172. The average Bonchev–Trinajstić information content (AvgIpc) is 2.75. The van der Waals surface area contributed by atoms with Crippen LogP contribution in [0.2, 0.25) is 0 Å². The van der Waals surface area contributed by atoms with Crippen LogP contribution in [-0.4, -0.2) is 39.3 Å². The van der Waals surface area contributed by atoms with Gasteiger partial charge in [-0.1, -0.05) is 0 Å². The van der Waals surface area contributed by atoms with Crippen LogP contribution < -0.4 is 5.73 Å². The van der Waals surface area contributed by atoms with Crippen molar-refractivity contribution in [2.75, 3.05) is 13.6 Å². The van der Waals surface area contributed by atoms with Gasteiger partial charge >= 0.3 is 0 Å². The number of hydrogen-bond acceptors (Lipinski definition) is 4. The molecule has 2 atom stereocenters. The SMILES string of the molecule is CN1CCC(N)CC1c1cncc2cnn(C)c12. The molecule has 0 aliphatic carbocycles. The Morgan fingerprint density at radius 1 is 1.28 bits per heavy atom. The third-order valence-electron chi connectivity index (χ3n) is 3.94. The number of nitrogens with two attached hydrogens (primary N) is 1. The Hall–Kier alpha value is -1.46. The molecule has 0 amide bonds. The molecular weight excluding hydrogens is 226 g/mol. The van der Waals surface area contributed by atoms with Crippen LogP contribution in [0, 0.1) is 0 Å². The molecule has 5 nitrogen and oxygen atoms in total. The summed E-state index contributed by atoms with van der Waals surface area (Å²) in [6.07, 6.45) is 7.76. The molecule has 18 heavy (non-hydrogen) atoms. The average molecular weight is 245 g/mol. The summed E-state index contributed by atoms with van der Waals surface area (Å²) in [4.78, 5) is 6.71. The first-order chi connectivity index (χ1) is 8.66. The van der Waals surface area contributed by atoms with Crippen LogP contribution in [0.25, 0.3) is 10.9 Å². The van der Waals surface area contributed by atoms with Gasteiger partial charge in [-0.05, 0) is 26.4 Å². The van der Waals surface area contributed by atoms with Gasteiger partial charge in [0.05, 0.1) is 11.7 Å². The highest BCUT2D eigenvalue weighted by Crippen LogP contribution is 2.32. The molecular formula is C13H19N5. The van der Waals surface area contributed by atoms with Crippen LogP contribution in [0.1, 0.15) is 24.4 Å². The summed E-state index contributed by atoms with van der Waals surface area (Å²) in [6.45, 7) is 1.04. The molecule has 0 radical (unpaired) electrons. The minimum atomic E-state index is 0.287. The number of rotatable bonds is 1. The van der Waals surface area contributed by atoms with E-state index in [0.29, 0.717) is 6.04 Å². The number of aromatic nitrogens is 3. The number of piperidine rings is 1. The van der Waals surface area contributed by atoms with Crippen molar-refractivity contribution in [3.63, 3.8) is 0 Å². The normalized spacial score (nSPS) is 25.7. The van der Waals surface area contributed by atoms with E-state index in [1.807, 2.05) is 30.3 Å². The molecule has 0 saturated carbocycles. The second-order valence-corrected chi connectivity index (χ2v) is 5.22. The fraction of sp³-hybridized carbons (Fsp3) is 0.538. The molecule has 1 saturated heterocycles. The van der Waals surface area contributed by atoms with Crippen molar-refractivity contribution in [1.82, 2.24) is 19.7 Å². The standard InChI is InChI=1S/C13H19N5/c1-17-4-3-10(14)5-12(17)11-8-15-6-9-7-16-18(2)13(9)11/h6-8,10,12H,3-5,14H2,1-2H3. The lowest BCUT2D eigenvalue weighted by Crippen LogP contribution is -2.40. The summed E-state index contributed by atoms with van der Waals surface area (Å²) >= 11 is 0. The molecule has 3 rings (SSSR count). The molecule has 1 aliphatic rings. The summed E-state index contributed by atoms with van der Waals surface area (Å²) in [5.74, 6) is 0. The third-order valence-corrected chi connectivity index (χ3v) is 3.94. The first kappa shape index (κ1) is 11.6. The van der Waals surface area contributed by atoms with Gasteiger partial charge in [0.15, 0.2) is 0 Å². The number of aryl methyl sites for hydroxylation is 1. The van der Waals surface area contributed by atoms with E-state index in [9.17, 15) is 0 Å². The summed E-state index contributed by atoms with van der Waals surface area (Å²) in [5.41, 5.74) is 8.53. The Bertz CT molecular complexity index is 562. The van der Waals surface area contributed by atoms with Gasteiger partial charge in [-0.15, -0.1) is 0 Å². The molecule has 96 valence electrons. The van der Waals surface area contributed by atoms with Gasteiger partial charge < -0.3 is 5.73 Å². The third kappa shape index (κ3) is 1.79. The highest BCUT2D eigenvalue weighted by Gasteiger charge is 2.27. The molecule has 1 fully saturated rings. The highest BCUT2D eigenvalue weighted by molar-refractivity contribution is 5.81. The second kappa shape index (κ2) is 4.33. The van der Waals surface area contributed by atoms with Gasteiger partial charge in [0.2, 0.25) is 0 Å². The van der Waals surface area contributed by atoms with E-state index in [0.717, 1.165) is 24.8 Å². The zero-order valence-corrected chi connectivity index (χ0v) is 10.9. The smallest absolute Gasteiger partial charge is 0.0757 e. The lowest BCUT2D eigenvalue weighted by Gasteiger charge is -2.36. The van der Waals surface area contributed by atoms with Gasteiger partial charge in [0.1, 0.15) is 0 Å². The molecule has 5 heteroatoms. The van der Waals surface area contributed by atoms with Crippen LogP contribution in [0.4, 0.5) is 0 Å². The Morgan fingerprint density at radius 3 is 2.94 bits per heavy atom. The maximum atomic E-state index is 6.11. The molecule has 2 aromatic rings. The van der Waals surface area contributed by atoms with Crippen LogP contribution in [0.5, 0.6) is 0 Å². The van der Waals surface area contributed by atoms with E-state index in [4.69, 9.17) is 5.73 Å². The van der Waals surface area contributed by atoms with Crippen LogP contribution >= 0.6 is 0 Å². The first-order valence-electron chi connectivity index (χ1n) is 6.38. The minimum absolute atomic E-state index is 0.287. The Morgan fingerprint density at radius 2 is 2.11 bits per heavy atom. The quantitative estimate of drug-likeness (QED) is 0.816. The van der Waals surface area contributed by atoms with Crippen LogP contribution in [0.3, 0.4) is 0 Å². The summed E-state index contributed by atoms with van der Waals surface area (Å²) in [7, 11) is 4.14. The largest absolute Gasteiger partial charge is 0.328 e. The fourth-order valence-electron chi connectivity index (χ4n) is 2.88. The molecule has 0 bridgehead atoms. The summed E-state index contributed by atoms with van der Waals surface area (Å²) < 4.78 is 1.93. The van der Waals surface area contributed by atoms with Crippen molar-refractivity contribution in [1.29, 1.82) is 0 Å². The summed E-state index contributed by atoms with van der Waals surface area (Å²) in [5, 5.41) is 5.42. The van der Waals surface area contributed by atoms with E-state index in [1.54, 1.807) is 0 Å². The predicted octanol–water partition coefficient (Wildman–Crippen LogP) is 1.06.